The molecule has 2 aliphatic heterocycles. The summed E-state index contributed by atoms with van der Waals surface area (Å²) >= 11 is 3.64. The van der Waals surface area contributed by atoms with Gasteiger partial charge in [0.05, 0.1) is 17.5 Å². The molecule has 13 heteroatoms. The average molecular weight is 680 g/mol. The number of nitrogens with two attached hydrogens (primary N) is 1. The molecule has 5 rings (SSSR count). The van der Waals surface area contributed by atoms with E-state index in [-0.39, 0.29) is 42.3 Å². The maximum atomic E-state index is 13.7. The smallest absolute Gasteiger partial charge is 0.410 e. The molecular weight excluding hydrogens is 632 g/mol. The fraction of sp³-hybridized carbons (Fsp3) is 0.742. The second-order valence-corrected chi connectivity index (χ2v) is 15.6. The summed E-state index contributed by atoms with van der Waals surface area (Å²) in [6, 6.07) is -0.104. The minimum absolute atomic E-state index is 0.0414. The number of halogens is 1. The number of nitrogens with zero attached hydrogens (tertiary/aromatic N) is 5. The Morgan fingerprint density at radius 2 is 1.77 bits per heavy atom. The molecule has 2 amide bonds. The van der Waals surface area contributed by atoms with Gasteiger partial charge in [-0.3, -0.25) is 0 Å². The van der Waals surface area contributed by atoms with E-state index in [0.29, 0.717) is 38.4 Å². The number of rotatable bonds is 5. The molecule has 2 N–H and O–H groups in total. The van der Waals surface area contributed by atoms with Gasteiger partial charge in [0.25, 0.3) is 0 Å². The van der Waals surface area contributed by atoms with Crippen LogP contribution in [0.3, 0.4) is 0 Å². The second-order valence-electron chi connectivity index (χ2n) is 14.8. The van der Waals surface area contributed by atoms with Gasteiger partial charge >= 0.3 is 12.2 Å². The molecule has 5 atom stereocenters. The van der Waals surface area contributed by atoms with Gasteiger partial charge in [-0.15, -0.1) is 0 Å². The Bertz CT molecular complexity index is 1380. The number of ether oxygens (including phenoxy) is 4. The molecule has 244 valence electrons. The molecule has 2 aromatic heterocycles. The van der Waals surface area contributed by atoms with Crippen LogP contribution in [-0.4, -0.2) is 91.9 Å². The number of piperidine rings is 1. The summed E-state index contributed by atoms with van der Waals surface area (Å²) in [5, 5.41) is 0.757. The predicted octanol–water partition coefficient (Wildman–Crippen LogP) is 5.74. The zero-order chi connectivity index (χ0) is 32.2. The zero-order valence-electron chi connectivity index (χ0n) is 27.1. The molecule has 0 spiro atoms. The zero-order valence-corrected chi connectivity index (χ0v) is 28.7. The van der Waals surface area contributed by atoms with Crippen LogP contribution in [0.25, 0.3) is 11.0 Å². The normalized spacial score (nSPS) is 26.9. The van der Waals surface area contributed by atoms with Crippen molar-refractivity contribution in [2.45, 2.75) is 110 Å². The lowest BCUT2D eigenvalue weighted by Crippen LogP contribution is -2.48. The largest absolute Gasteiger partial charge is 0.444 e. The average Bonchev–Trinajstić information content (AvgIpc) is 3.50. The van der Waals surface area contributed by atoms with Gasteiger partial charge in [0.15, 0.2) is 5.79 Å². The molecule has 44 heavy (non-hydrogen) atoms. The van der Waals surface area contributed by atoms with E-state index in [1.165, 1.54) is 6.33 Å². The molecule has 0 radical (unpaired) electrons. The van der Waals surface area contributed by atoms with Crippen molar-refractivity contribution in [3.63, 3.8) is 0 Å². The number of carbonyl (C=O) groups excluding carboxylic acids is 2. The van der Waals surface area contributed by atoms with Gasteiger partial charge in [-0.1, -0.05) is 0 Å². The maximum Gasteiger partial charge on any atom is 0.410 e. The van der Waals surface area contributed by atoms with E-state index < -0.39 is 17.0 Å². The standard InChI is InChI=1S/C31H47BrN6O6/c1-29(2,3)43-27(39)36-11-9-10-18(13-36)14-37(28(40)44-30(4,5)6)15-19-12-21(24-23(19)41-31(7,8)42-24)38-16-20(32)22-25(33)34-17-35-26(22)38/h16-19,21,23-24H,9-15H2,1-8H3,(H2,33,34,35)/t18-,19+,21+,23+,24-/m0/s1. The Morgan fingerprint density at radius 3 is 2.45 bits per heavy atom. The minimum Gasteiger partial charge on any atom is -0.444 e. The number of fused-ring (bicyclic) bond motifs is 2. The van der Waals surface area contributed by atoms with Crippen molar-refractivity contribution in [3.8, 4) is 0 Å². The Hall–Kier alpha value is -2.64. The summed E-state index contributed by atoms with van der Waals surface area (Å²) in [5.41, 5.74) is 5.69. The van der Waals surface area contributed by atoms with Gasteiger partial charge in [-0.25, -0.2) is 19.6 Å². The highest BCUT2D eigenvalue weighted by Gasteiger charge is 2.55. The van der Waals surface area contributed by atoms with E-state index in [0.717, 1.165) is 28.3 Å². The number of aromatic nitrogens is 3. The maximum absolute atomic E-state index is 13.7. The van der Waals surface area contributed by atoms with Crippen molar-refractivity contribution in [1.29, 1.82) is 0 Å². The summed E-state index contributed by atoms with van der Waals surface area (Å²) in [7, 11) is 0. The van der Waals surface area contributed by atoms with E-state index in [4.69, 9.17) is 24.7 Å². The van der Waals surface area contributed by atoms with Crippen molar-refractivity contribution in [2.24, 2.45) is 11.8 Å². The summed E-state index contributed by atoms with van der Waals surface area (Å²) in [5.74, 6) is -0.341. The molecule has 3 aliphatic rings. The number of carbonyl (C=O) groups is 2. The monoisotopic (exact) mass is 678 g/mol. The van der Waals surface area contributed by atoms with Crippen molar-refractivity contribution in [1.82, 2.24) is 24.3 Å². The third kappa shape index (κ3) is 7.25. The fourth-order valence-corrected chi connectivity index (χ4v) is 7.28. The van der Waals surface area contributed by atoms with Crippen LogP contribution >= 0.6 is 15.9 Å². The van der Waals surface area contributed by atoms with Gasteiger partial charge in [-0.2, -0.15) is 0 Å². The molecule has 4 heterocycles. The summed E-state index contributed by atoms with van der Waals surface area (Å²) in [4.78, 5) is 38.8. The summed E-state index contributed by atoms with van der Waals surface area (Å²) in [6.45, 7) is 17.1. The Balaban J connectivity index is 1.39. The number of hydrogen-bond donors (Lipinski definition) is 1. The number of nitrogen functional groups attached to an aromatic ring is 1. The molecule has 12 nitrogen and oxygen atoms in total. The van der Waals surface area contributed by atoms with Gasteiger partial charge < -0.3 is 39.0 Å². The number of hydrogen-bond acceptors (Lipinski definition) is 9. The van der Waals surface area contributed by atoms with E-state index in [2.05, 4.69) is 30.5 Å². The quantitative estimate of drug-likeness (QED) is 0.420. The number of amides is 2. The van der Waals surface area contributed by atoms with Crippen molar-refractivity contribution < 1.29 is 28.5 Å². The lowest BCUT2D eigenvalue weighted by atomic mass is 9.96. The highest BCUT2D eigenvalue weighted by atomic mass is 79.9. The first kappa shape index (κ1) is 32.7. The SMILES string of the molecule is CC(C)(C)OC(=O)N1CCC[C@H](CN(C[C@H]2C[C@@H](n3cc(Br)c4c(N)ncnc43)[C@@H]3OC(C)(C)O[C@H]23)C(=O)OC(C)(C)C)C1. The lowest BCUT2D eigenvalue weighted by molar-refractivity contribution is -0.160. The number of anilines is 1. The summed E-state index contributed by atoms with van der Waals surface area (Å²) in [6.07, 6.45) is 4.68. The van der Waals surface area contributed by atoms with Crippen LogP contribution < -0.4 is 5.73 Å². The fourth-order valence-electron chi connectivity index (χ4n) is 6.67. The first-order valence-corrected chi connectivity index (χ1v) is 16.3. The van der Waals surface area contributed by atoms with Crippen LogP contribution in [0.2, 0.25) is 0 Å². The Labute approximate surface area is 268 Å². The van der Waals surface area contributed by atoms with E-state index in [1.54, 1.807) is 9.80 Å². The van der Waals surface area contributed by atoms with Crippen LogP contribution in [0.15, 0.2) is 17.0 Å². The first-order valence-electron chi connectivity index (χ1n) is 15.5. The third-order valence-corrected chi connectivity index (χ3v) is 8.86. The second kappa shape index (κ2) is 11.9. The summed E-state index contributed by atoms with van der Waals surface area (Å²) < 4.78 is 27.4. The van der Waals surface area contributed by atoms with Crippen LogP contribution in [0, 0.1) is 11.8 Å². The molecule has 2 aromatic rings. The van der Waals surface area contributed by atoms with Crippen molar-refractivity contribution >= 4 is 45.0 Å². The van der Waals surface area contributed by atoms with Crippen molar-refractivity contribution in [2.75, 3.05) is 31.9 Å². The molecular formula is C31H47BrN6O6. The topological polar surface area (TPSA) is 134 Å². The Kier molecular flexibility index (Phi) is 8.89. The van der Waals surface area contributed by atoms with Gasteiger partial charge in [-0.05, 0) is 96.5 Å². The van der Waals surface area contributed by atoms with E-state index >= 15 is 0 Å². The third-order valence-electron chi connectivity index (χ3n) is 8.26. The predicted molar refractivity (Wildman–Crippen MR) is 169 cm³/mol. The molecule has 1 aliphatic carbocycles. The highest BCUT2D eigenvalue weighted by Crippen LogP contribution is 2.49. The van der Waals surface area contributed by atoms with Gasteiger partial charge in [0, 0.05) is 42.8 Å². The minimum atomic E-state index is -0.783. The lowest BCUT2D eigenvalue weighted by Gasteiger charge is -2.37. The highest BCUT2D eigenvalue weighted by molar-refractivity contribution is 9.10. The van der Waals surface area contributed by atoms with Crippen LogP contribution in [0.1, 0.15) is 80.7 Å². The van der Waals surface area contributed by atoms with Crippen LogP contribution in [0.5, 0.6) is 0 Å². The first-order chi connectivity index (χ1) is 20.4. The molecule has 0 bridgehead atoms. The van der Waals surface area contributed by atoms with Gasteiger partial charge in [0.2, 0.25) is 0 Å². The molecule has 0 unspecified atom stereocenters. The number of likely N-dealkylation sites (tertiary alicyclic amines) is 1. The van der Waals surface area contributed by atoms with Crippen molar-refractivity contribution in [3.05, 3.63) is 17.0 Å². The van der Waals surface area contributed by atoms with E-state index in [1.807, 2.05) is 61.6 Å². The molecule has 2 saturated heterocycles. The molecule has 0 aromatic carbocycles. The Morgan fingerprint density at radius 1 is 1.09 bits per heavy atom. The van der Waals surface area contributed by atoms with Crippen LogP contribution in [-0.2, 0) is 18.9 Å². The molecule has 1 saturated carbocycles. The van der Waals surface area contributed by atoms with Crippen LogP contribution in [0.4, 0.5) is 15.4 Å². The molecule has 3 fully saturated rings. The van der Waals surface area contributed by atoms with Gasteiger partial charge in [0.1, 0.15) is 35.1 Å². The van der Waals surface area contributed by atoms with E-state index in [9.17, 15) is 9.59 Å².